The van der Waals surface area contributed by atoms with Crippen molar-refractivity contribution in [2.45, 2.75) is 13.8 Å². The van der Waals surface area contributed by atoms with Crippen LogP contribution in [0.15, 0.2) is 0 Å². The molecule has 0 amide bonds. The molecule has 0 radical (unpaired) electrons. The Hall–Kier alpha value is -0.0100. The quantitative estimate of drug-likeness (QED) is 0.560. The average molecular weight is 139 g/mol. The van der Waals surface area contributed by atoms with Gasteiger partial charge in [-0.2, -0.15) is 0 Å². The highest BCUT2D eigenvalue weighted by Crippen LogP contribution is 2.23. The maximum atomic E-state index is 11.3. The van der Waals surface area contributed by atoms with Crippen molar-refractivity contribution in [3.8, 4) is 0 Å². The SMILES string of the molecule is CC(C)CO[P+](=O)F. The van der Waals surface area contributed by atoms with E-state index in [1.807, 2.05) is 13.8 Å². The molecule has 0 aliphatic heterocycles. The van der Waals surface area contributed by atoms with E-state index >= 15 is 0 Å². The van der Waals surface area contributed by atoms with Crippen LogP contribution in [0.25, 0.3) is 0 Å². The molecule has 0 N–H and O–H groups in total. The predicted molar refractivity (Wildman–Crippen MR) is 29.5 cm³/mol. The van der Waals surface area contributed by atoms with Crippen LogP contribution in [0.5, 0.6) is 0 Å². The first-order valence-electron chi connectivity index (χ1n) is 2.39. The van der Waals surface area contributed by atoms with Crippen LogP contribution in [0.2, 0.25) is 0 Å². The van der Waals surface area contributed by atoms with E-state index in [1.54, 1.807) is 0 Å². The molecule has 0 rings (SSSR count). The number of rotatable bonds is 3. The molecule has 0 saturated heterocycles. The summed E-state index contributed by atoms with van der Waals surface area (Å²) >= 11 is 0. The van der Waals surface area contributed by atoms with Crippen molar-refractivity contribution in [2.24, 2.45) is 5.92 Å². The lowest BCUT2D eigenvalue weighted by atomic mass is 10.2. The zero-order chi connectivity index (χ0) is 6.57. The summed E-state index contributed by atoms with van der Waals surface area (Å²) in [7, 11) is -2.88. The highest BCUT2D eigenvalue weighted by molar-refractivity contribution is 7.32. The van der Waals surface area contributed by atoms with Gasteiger partial charge in [0.25, 0.3) is 0 Å². The van der Waals surface area contributed by atoms with Gasteiger partial charge in [-0.3, -0.25) is 0 Å². The fraction of sp³-hybridized carbons (Fsp3) is 1.00. The lowest BCUT2D eigenvalue weighted by Crippen LogP contribution is -1.94. The highest BCUT2D eigenvalue weighted by atomic mass is 31.2. The third-order valence-corrected chi connectivity index (χ3v) is 0.861. The lowest BCUT2D eigenvalue weighted by Gasteiger charge is -1.91. The van der Waals surface area contributed by atoms with Gasteiger partial charge in [-0.25, -0.2) is 0 Å². The summed E-state index contributed by atoms with van der Waals surface area (Å²) in [6.45, 7) is 3.95. The molecule has 0 spiro atoms. The fourth-order valence-corrected chi connectivity index (χ4v) is 0.623. The Bertz CT molecular complexity index is 84.1. The normalized spacial score (nSPS) is 12.2. The molecule has 0 aromatic rings. The molecule has 0 aromatic carbocycles. The smallest absolute Gasteiger partial charge is 0.115 e. The molecule has 4 heteroatoms. The minimum Gasteiger partial charge on any atom is -0.115 e. The summed E-state index contributed by atoms with van der Waals surface area (Å²) in [5.41, 5.74) is 0. The summed E-state index contributed by atoms with van der Waals surface area (Å²) in [6.07, 6.45) is 0. The van der Waals surface area contributed by atoms with Gasteiger partial charge in [0, 0.05) is 4.57 Å². The first kappa shape index (κ1) is 7.99. The zero-order valence-electron chi connectivity index (χ0n) is 4.93. The van der Waals surface area contributed by atoms with E-state index in [2.05, 4.69) is 4.52 Å². The first-order chi connectivity index (χ1) is 3.63. The summed E-state index contributed by atoms with van der Waals surface area (Å²) in [5, 5.41) is 0. The largest absolute Gasteiger partial charge is 0.746 e. The third kappa shape index (κ3) is 5.99. The predicted octanol–water partition coefficient (Wildman–Crippen LogP) is 2.29. The van der Waals surface area contributed by atoms with Gasteiger partial charge in [0.2, 0.25) is 0 Å². The highest BCUT2D eigenvalue weighted by Gasteiger charge is 2.15. The molecular formula is C4H9FO2P+. The molecule has 0 saturated carbocycles. The van der Waals surface area contributed by atoms with Gasteiger partial charge in [-0.15, -0.1) is 4.52 Å². The molecule has 0 aliphatic carbocycles. The number of hydrogen-bond acceptors (Lipinski definition) is 2. The zero-order valence-corrected chi connectivity index (χ0v) is 5.82. The molecule has 0 aliphatic rings. The topological polar surface area (TPSA) is 26.3 Å². The molecule has 0 bridgehead atoms. The fourth-order valence-electron chi connectivity index (χ4n) is 0.208. The van der Waals surface area contributed by atoms with E-state index in [0.717, 1.165) is 0 Å². The van der Waals surface area contributed by atoms with Crippen LogP contribution in [-0.2, 0) is 9.09 Å². The maximum absolute atomic E-state index is 11.3. The van der Waals surface area contributed by atoms with E-state index in [9.17, 15) is 8.76 Å². The summed E-state index contributed by atoms with van der Waals surface area (Å²) < 4.78 is 25.1. The van der Waals surface area contributed by atoms with Crippen molar-refractivity contribution in [3.63, 3.8) is 0 Å². The van der Waals surface area contributed by atoms with Gasteiger partial charge in [-0.05, 0) is 5.92 Å². The summed E-state index contributed by atoms with van der Waals surface area (Å²) in [5.74, 6) is 0.240. The van der Waals surface area contributed by atoms with Crippen molar-refractivity contribution in [3.05, 3.63) is 0 Å². The summed E-state index contributed by atoms with van der Waals surface area (Å²) in [6, 6.07) is 0. The van der Waals surface area contributed by atoms with Crippen molar-refractivity contribution >= 4 is 8.34 Å². The Balaban J connectivity index is 3.05. The van der Waals surface area contributed by atoms with E-state index in [1.165, 1.54) is 0 Å². The minimum absolute atomic E-state index is 0.228. The Kier molecular flexibility index (Phi) is 3.92. The monoisotopic (exact) mass is 139 g/mol. The van der Waals surface area contributed by atoms with Crippen molar-refractivity contribution in [1.82, 2.24) is 0 Å². The van der Waals surface area contributed by atoms with Crippen molar-refractivity contribution < 1.29 is 13.3 Å². The third-order valence-electron chi connectivity index (χ3n) is 0.509. The van der Waals surface area contributed by atoms with Crippen LogP contribution in [-0.4, -0.2) is 6.61 Å². The Morgan fingerprint density at radius 3 is 2.38 bits per heavy atom. The van der Waals surface area contributed by atoms with Gasteiger partial charge in [0.05, 0.1) is 4.20 Å². The van der Waals surface area contributed by atoms with Crippen LogP contribution >= 0.6 is 8.34 Å². The van der Waals surface area contributed by atoms with Crippen LogP contribution in [0.4, 0.5) is 4.20 Å². The van der Waals surface area contributed by atoms with Crippen LogP contribution in [0.1, 0.15) is 13.8 Å². The Morgan fingerprint density at radius 2 is 2.25 bits per heavy atom. The molecule has 1 atom stereocenters. The van der Waals surface area contributed by atoms with Gasteiger partial charge in [-0.1, -0.05) is 13.8 Å². The molecular weight excluding hydrogens is 130 g/mol. The number of halogens is 1. The molecule has 0 aromatic heterocycles. The average Bonchev–Trinajstić information content (AvgIpc) is 1.61. The summed E-state index contributed by atoms with van der Waals surface area (Å²) in [4.78, 5) is 0. The maximum Gasteiger partial charge on any atom is 0.746 e. The van der Waals surface area contributed by atoms with E-state index in [-0.39, 0.29) is 12.5 Å². The second kappa shape index (κ2) is 3.93. The van der Waals surface area contributed by atoms with E-state index in [0.29, 0.717) is 0 Å². The van der Waals surface area contributed by atoms with Gasteiger partial charge in [0.1, 0.15) is 6.61 Å². The van der Waals surface area contributed by atoms with Crippen LogP contribution in [0.3, 0.4) is 0 Å². The van der Waals surface area contributed by atoms with E-state index < -0.39 is 8.34 Å². The molecule has 0 fully saturated rings. The van der Waals surface area contributed by atoms with Crippen LogP contribution in [0, 0.1) is 5.92 Å². The van der Waals surface area contributed by atoms with Gasteiger partial charge in [0.15, 0.2) is 0 Å². The second-order valence-electron chi connectivity index (χ2n) is 1.90. The van der Waals surface area contributed by atoms with Crippen molar-refractivity contribution in [1.29, 1.82) is 0 Å². The first-order valence-corrected chi connectivity index (χ1v) is 3.45. The van der Waals surface area contributed by atoms with Crippen molar-refractivity contribution in [2.75, 3.05) is 6.61 Å². The molecule has 0 heterocycles. The number of hydrogen-bond donors (Lipinski definition) is 0. The lowest BCUT2D eigenvalue weighted by molar-refractivity contribution is 0.266. The molecule has 1 unspecified atom stereocenters. The van der Waals surface area contributed by atoms with Gasteiger partial charge < -0.3 is 0 Å². The standard InChI is InChI=1S/C4H9FO2P/c1-4(2)3-7-8(5)6/h4H,3H2,1-2H3/q+1. The van der Waals surface area contributed by atoms with Gasteiger partial charge >= 0.3 is 8.34 Å². The molecule has 2 nitrogen and oxygen atoms in total. The second-order valence-corrected chi connectivity index (χ2v) is 2.59. The Morgan fingerprint density at radius 1 is 1.75 bits per heavy atom. The molecule has 8 heavy (non-hydrogen) atoms. The molecule has 48 valence electrons. The Labute approximate surface area is 49.0 Å². The van der Waals surface area contributed by atoms with Crippen LogP contribution < -0.4 is 0 Å². The van der Waals surface area contributed by atoms with E-state index in [4.69, 9.17) is 0 Å². The minimum atomic E-state index is -2.88.